The molecule has 192 valence electrons. The molecule has 0 aliphatic carbocycles. The highest BCUT2D eigenvalue weighted by atomic mass is 19.4. The molecule has 15 heteroatoms. The van der Waals surface area contributed by atoms with E-state index in [1.54, 1.807) is 4.98 Å². The number of rotatable bonds is 4. The Morgan fingerprint density at radius 1 is 0.861 bits per heavy atom. The maximum atomic E-state index is 15.2. The van der Waals surface area contributed by atoms with E-state index < -0.39 is 81.7 Å². The van der Waals surface area contributed by atoms with Crippen LogP contribution in [0, 0.1) is 5.82 Å². The molecule has 36 heavy (non-hydrogen) atoms. The van der Waals surface area contributed by atoms with Crippen molar-refractivity contribution < 1.29 is 48.7 Å². The Labute approximate surface area is 193 Å². The topological polar surface area (TPSA) is 74.8 Å². The zero-order valence-corrected chi connectivity index (χ0v) is 17.3. The van der Waals surface area contributed by atoms with Gasteiger partial charge in [-0.25, -0.2) is 9.37 Å². The molecule has 2 aromatic carbocycles. The second-order valence-electron chi connectivity index (χ2n) is 7.16. The first-order chi connectivity index (χ1) is 16.5. The minimum absolute atomic E-state index is 0.0448. The third kappa shape index (κ3) is 5.66. The molecule has 0 aliphatic rings. The lowest BCUT2D eigenvalue weighted by Crippen LogP contribution is -2.26. The van der Waals surface area contributed by atoms with Gasteiger partial charge in [-0.05, 0) is 18.2 Å². The van der Waals surface area contributed by atoms with E-state index in [2.05, 4.69) is 4.98 Å². The second-order valence-corrected chi connectivity index (χ2v) is 7.16. The van der Waals surface area contributed by atoms with E-state index in [0.717, 1.165) is 18.2 Å². The van der Waals surface area contributed by atoms with Crippen molar-refractivity contribution in [3.63, 3.8) is 0 Å². The van der Waals surface area contributed by atoms with Crippen molar-refractivity contribution in [1.29, 1.82) is 0 Å². The van der Waals surface area contributed by atoms with E-state index in [0.29, 0.717) is 12.1 Å². The van der Waals surface area contributed by atoms with Gasteiger partial charge in [-0.2, -0.15) is 39.5 Å². The molecule has 2 N–H and O–H groups in total. The van der Waals surface area contributed by atoms with Gasteiger partial charge in [0.1, 0.15) is 11.6 Å². The van der Waals surface area contributed by atoms with E-state index in [9.17, 15) is 49.1 Å². The highest BCUT2D eigenvalue weighted by molar-refractivity contribution is 5.95. The number of alkyl halides is 9. The Bertz CT molecular complexity index is 1360. The standard InChI is InChI=1S/C21H11F10N3O2/c22-16-9(8-32-18(36)10-3-1-2-4-11(10)19(23,24)25)5-6-12(20(26,27)28)15(16)17-33-13(21(29,30)31)7-14(35)34-17/h1-7H,8H2,(H,32,36)(H,33,34,35). The molecule has 0 aliphatic heterocycles. The summed E-state index contributed by atoms with van der Waals surface area (Å²) in [4.78, 5) is 28.4. The number of amides is 1. The van der Waals surface area contributed by atoms with Crippen LogP contribution in [0.2, 0.25) is 0 Å². The molecule has 0 atom stereocenters. The first-order valence-electron chi connectivity index (χ1n) is 9.52. The van der Waals surface area contributed by atoms with Crippen LogP contribution in [0.15, 0.2) is 47.3 Å². The molecule has 1 aromatic heterocycles. The molecule has 0 unspecified atom stereocenters. The quantitative estimate of drug-likeness (QED) is 0.437. The molecule has 0 saturated carbocycles. The average molecular weight is 527 g/mol. The lowest BCUT2D eigenvalue weighted by Gasteiger charge is -2.17. The monoisotopic (exact) mass is 527 g/mol. The number of hydrogen-bond acceptors (Lipinski definition) is 3. The summed E-state index contributed by atoms with van der Waals surface area (Å²) < 4.78 is 134. The van der Waals surface area contributed by atoms with Gasteiger partial charge < -0.3 is 10.3 Å². The Hall–Kier alpha value is -3.91. The molecule has 0 saturated heterocycles. The van der Waals surface area contributed by atoms with Crippen LogP contribution in [0.3, 0.4) is 0 Å². The van der Waals surface area contributed by atoms with Crippen LogP contribution in [0.1, 0.15) is 32.7 Å². The fraction of sp³-hybridized carbons (Fsp3) is 0.190. The summed E-state index contributed by atoms with van der Waals surface area (Å²) in [6.07, 6.45) is -15.5. The zero-order valence-electron chi connectivity index (χ0n) is 17.3. The summed E-state index contributed by atoms with van der Waals surface area (Å²) in [5, 5.41) is 1.92. The summed E-state index contributed by atoms with van der Waals surface area (Å²) in [5.41, 5.74) is -9.69. The third-order valence-electron chi connectivity index (χ3n) is 4.71. The largest absolute Gasteiger partial charge is 0.433 e. The molecule has 3 aromatic rings. The molecule has 0 fully saturated rings. The summed E-state index contributed by atoms with van der Waals surface area (Å²) in [6, 6.07) is 4.27. The van der Waals surface area contributed by atoms with Gasteiger partial charge in [0.05, 0.1) is 22.3 Å². The Balaban J connectivity index is 2.06. The fourth-order valence-electron chi connectivity index (χ4n) is 3.14. The Kier molecular flexibility index (Phi) is 6.88. The first kappa shape index (κ1) is 26.7. The number of benzene rings is 2. The molecule has 1 amide bonds. The molecule has 1 heterocycles. The minimum atomic E-state index is -5.31. The summed E-state index contributed by atoms with van der Waals surface area (Å²) in [5.74, 6) is -4.55. The number of aromatic amines is 1. The number of aromatic nitrogens is 2. The van der Waals surface area contributed by atoms with E-state index in [-0.39, 0.29) is 12.1 Å². The number of nitrogens with zero attached hydrogens (tertiary/aromatic N) is 1. The lowest BCUT2D eigenvalue weighted by molar-refractivity contribution is -0.141. The van der Waals surface area contributed by atoms with Crippen LogP contribution < -0.4 is 10.9 Å². The van der Waals surface area contributed by atoms with Gasteiger partial charge in [-0.15, -0.1) is 0 Å². The summed E-state index contributed by atoms with van der Waals surface area (Å²) in [7, 11) is 0. The molecule has 3 rings (SSSR count). The number of carbonyl (C=O) groups is 1. The normalized spacial score (nSPS) is 12.5. The van der Waals surface area contributed by atoms with Crippen LogP contribution in [0.25, 0.3) is 11.4 Å². The van der Waals surface area contributed by atoms with Crippen molar-refractivity contribution in [1.82, 2.24) is 15.3 Å². The second kappa shape index (κ2) is 9.28. The van der Waals surface area contributed by atoms with Crippen LogP contribution in [0.5, 0.6) is 0 Å². The van der Waals surface area contributed by atoms with Gasteiger partial charge in [-0.3, -0.25) is 9.59 Å². The number of nitrogens with one attached hydrogen (secondary N) is 2. The third-order valence-corrected chi connectivity index (χ3v) is 4.71. The number of halogens is 10. The van der Waals surface area contributed by atoms with Crippen molar-refractivity contribution >= 4 is 5.91 Å². The average Bonchev–Trinajstić information content (AvgIpc) is 2.75. The molecule has 0 bridgehead atoms. The predicted molar refractivity (Wildman–Crippen MR) is 103 cm³/mol. The number of H-pyrrole nitrogens is 1. The van der Waals surface area contributed by atoms with Gasteiger partial charge in [0.15, 0.2) is 5.69 Å². The van der Waals surface area contributed by atoms with Crippen LogP contribution in [-0.2, 0) is 25.1 Å². The van der Waals surface area contributed by atoms with Crippen LogP contribution in [-0.4, -0.2) is 15.9 Å². The zero-order chi connectivity index (χ0) is 27.1. The summed E-state index contributed by atoms with van der Waals surface area (Å²) >= 11 is 0. The van der Waals surface area contributed by atoms with Crippen LogP contribution in [0.4, 0.5) is 43.9 Å². The molecule has 0 radical (unpaired) electrons. The molecular formula is C21H11F10N3O2. The predicted octanol–water partition coefficient (Wildman–Crippen LogP) is 5.56. The molecule has 0 spiro atoms. The SMILES string of the molecule is O=C(NCc1ccc(C(F)(F)F)c(-c2nc(C(F)(F)F)cc(=O)[nH]2)c1F)c1ccccc1C(F)(F)F. The van der Waals surface area contributed by atoms with Crippen molar-refractivity contribution in [2.24, 2.45) is 0 Å². The van der Waals surface area contributed by atoms with Gasteiger partial charge in [0.2, 0.25) is 0 Å². The van der Waals surface area contributed by atoms with Gasteiger partial charge >= 0.3 is 18.5 Å². The highest BCUT2D eigenvalue weighted by Gasteiger charge is 2.39. The fourth-order valence-corrected chi connectivity index (χ4v) is 3.14. The Morgan fingerprint density at radius 2 is 1.47 bits per heavy atom. The van der Waals surface area contributed by atoms with Crippen molar-refractivity contribution in [3.8, 4) is 11.4 Å². The van der Waals surface area contributed by atoms with Gasteiger partial charge in [0.25, 0.3) is 11.5 Å². The first-order valence-corrected chi connectivity index (χ1v) is 9.52. The van der Waals surface area contributed by atoms with E-state index in [4.69, 9.17) is 0 Å². The Morgan fingerprint density at radius 3 is 2.06 bits per heavy atom. The summed E-state index contributed by atoms with van der Waals surface area (Å²) in [6.45, 7) is -0.953. The highest BCUT2D eigenvalue weighted by Crippen LogP contribution is 2.39. The maximum Gasteiger partial charge on any atom is 0.433 e. The number of carbonyl (C=O) groups excluding carboxylic acids is 1. The van der Waals surface area contributed by atoms with Crippen molar-refractivity contribution in [2.75, 3.05) is 0 Å². The van der Waals surface area contributed by atoms with Gasteiger partial charge in [-0.1, -0.05) is 18.2 Å². The van der Waals surface area contributed by atoms with E-state index in [1.165, 1.54) is 0 Å². The lowest BCUT2D eigenvalue weighted by atomic mass is 10.0. The number of hydrogen-bond donors (Lipinski definition) is 2. The van der Waals surface area contributed by atoms with Crippen LogP contribution >= 0.6 is 0 Å². The van der Waals surface area contributed by atoms with Crippen molar-refractivity contribution in [2.45, 2.75) is 25.1 Å². The maximum absolute atomic E-state index is 15.2. The molecular weight excluding hydrogens is 516 g/mol. The van der Waals surface area contributed by atoms with Crippen molar-refractivity contribution in [3.05, 3.63) is 86.6 Å². The van der Waals surface area contributed by atoms with E-state index >= 15 is 4.39 Å². The minimum Gasteiger partial charge on any atom is -0.348 e. The van der Waals surface area contributed by atoms with Gasteiger partial charge in [0, 0.05) is 18.2 Å². The molecule has 5 nitrogen and oxygen atoms in total. The smallest absolute Gasteiger partial charge is 0.348 e. The van der Waals surface area contributed by atoms with E-state index in [1.807, 2.05) is 5.32 Å².